The Kier molecular flexibility index (Phi) is 3.98. The first-order valence-electron chi connectivity index (χ1n) is 3.49. The van der Waals surface area contributed by atoms with Gasteiger partial charge in [-0.2, -0.15) is 0 Å². The topological polar surface area (TPSA) is 84.1 Å². The third-order valence-corrected chi connectivity index (χ3v) is 2.07. The van der Waals surface area contributed by atoms with Crippen molar-refractivity contribution in [3.63, 3.8) is 0 Å². The Morgan fingerprint density at radius 1 is 1.33 bits per heavy atom. The number of hydrogen-bond acceptors (Lipinski definition) is 6. The van der Waals surface area contributed by atoms with Crippen LogP contribution < -0.4 is 0 Å². The molecule has 0 bridgehead atoms. The van der Waals surface area contributed by atoms with Gasteiger partial charge in [0.25, 0.3) is 0 Å². The molecule has 0 unspecified atom stereocenters. The molecule has 0 aliphatic heterocycles. The third kappa shape index (κ3) is 2.43. The fourth-order valence-corrected chi connectivity index (χ4v) is 1.32. The largest absolute Gasteiger partial charge is 0.396 e. The smallest absolute Gasteiger partial charge is 0.209 e. The summed E-state index contributed by atoms with van der Waals surface area (Å²) in [4.78, 5) is 0. The van der Waals surface area contributed by atoms with Crippen LogP contribution in [0, 0.1) is 0 Å². The lowest BCUT2D eigenvalue weighted by Gasteiger charge is -1.99. The molecule has 7 heteroatoms. The van der Waals surface area contributed by atoms with Crippen LogP contribution in [0.15, 0.2) is 5.16 Å². The maximum Gasteiger partial charge on any atom is 0.209 e. The van der Waals surface area contributed by atoms with E-state index in [9.17, 15) is 0 Å². The average molecular weight is 190 g/mol. The molecule has 1 aromatic rings. The number of aliphatic hydroxyl groups is 2. The molecule has 0 atom stereocenters. The fourth-order valence-electron chi connectivity index (χ4n) is 0.672. The van der Waals surface area contributed by atoms with Crippen LogP contribution in [0.1, 0.15) is 0 Å². The van der Waals surface area contributed by atoms with Gasteiger partial charge in [-0.1, -0.05) is 11.8 Å². The molecule has 0 saturated heterocycles. The minimum Gasteiger partial charge on any atom is -0.396 e. The van der Waals surface area contributed by atoms with Gasteiger partial charge in [0.2, 0.25) is 5.16 Å². The van der Waals surface area contributed by atoms with E-state index in [1.54, 1.807) is 0 Å². The summed E-state index contributed by atoms with van der Waals surface area (Å²) in [7, 11) is 0. The van der Waals surface area contributed by atoms with Gasteiger partial charge in [-0.3, -0.25) is 0 Å². The van der Waals surface area contributed by atoms with Crippen LogP contribution in [-0.4, -0.2) is 49.4 Å². The first-order valence-corrected chi connectivity index (χ1v) is 4.47. The van der Waals surface area contributed by atoms with Crippen molar-refractivity contribution in [2.45, 2.75) is 11.7 Å². The molecule has 0 aliphatic rings. The van der Waals surface area contributed by atoms with Crippen LogP contribution in [-0.2, 0) is 6.54 Å². The number of thioether (sulfide) groups is 1. The molecule has 68 valence electrons. The molecule has 1 heterocycles. The Hall–Kier alpha value is -0.660. The van der Waals surface area contributed by atoms with E-state index in [-0.39, 0.29) is 13.2 Å². The summed E-state index contributed by atoms with van der Waals surface area (Å²) in [5.74, 6) is 0.561. The van der Waals surface area contributed by atoms with Gasteiger partial charge < -0.3 is 10.2 Å². The van der Waals surface area contributed by atoms with E-state index in [2.05, 4.69) is 15.5 Å². The first-order chi connectivity index (χ1) is 5.88. The summed E-state index contributed by atoms with van der Waals surface area (Å²) in [6.07, 6.45) is 0. The molecule has 0 spiro atoms. The third-order valence-electron chi connectivity index (χ3n) is 1.13. The average Bonchev–Trinajstić information content (AvgIpc) is 2.50. The normalized spacial score (nSPS) is 10.5. The summed E-state index contributed by atoms with van der Waals surface area (Å²) in [6, 6.07) is 0. The van der Waals surface area contributed by atoms with Crippen molar-refractivity contribution in [1.82, 2.24) is 20.2 Å². The Morgan fingerprint density at radius 3 is 2.83 bits per heavy atom. The molecule has 0 aliphatic carbocycles. The van der Waals surface area contributed by atoms with Gasteiger partial charge in [-0.15, -0.1) is 5.10 Å². The second-order valence-corrected chi connectivity index (χ2v) is 3.04. The lowest BCUT2D eigenvalue weighted by Crippen LogP contribution is -2.06. The molecule has 0 saturated carbocycles. The van der Waals surface area contributed by atoms with Crippen LogP contribution in [0.3, 0.4) is 0 Å². The minimum absolute atomic E-state index is 0.0116. The molecule has 1 aromatic heterocycles. The van der Waals surface area contributed by atoms with Crippen molar-refractivity contribution in [1.29, 1.82) is 0 Å². The Balaban J connectivity index is 2.51. The predicted molar refractivity (Wildman–Crippen MR) is 42.7 cm³/mol. The zero-order valence-electron chi connectivity index (χ0n) is 6.42. The van der Waals surface area contributed by atoms with E-state index in [0.29, 0.717) is 17.5 Å². The Bertz CT molecular complexity index is 229. The summed E-state index contributed by atoms with van der Waals surface area (Å²) in [5, 5.41) is 28.6. The van der Waals surface area contributed by atoms with E-state index in [4.69, 9.17) is 10.2 Å². The minimum atomic E-state index is 0.0116. The summed E-state index contributed by atoms with van der Waals surface area (Å²) < 4.78 is 1.50. The van der Waals surface area contributed by atoms with Gasteiger partial charge in [0.15, 0.2) is 0 Å². The van der Waals surface area contributed by atoms with Crippen LogP contribution in [0.4, 0.5) is 0 Å². The van der Waals surface area contributed by atoms with Crippen molar-refractivity contribution in [2.24, 2.45) is 0 Å². The molecule has 0 aromatic carbocycles. The number of aliphatic hydroxyl groups excluding tert-OH is 2. The quantitative estimate of drug-likeness (QED) is 0.564. The van der Waals surface area contributed by atoms with Crippen LogP contribution in [0.5, 0.6) is 0 Å². The second-order valence-electron chi connectivity index (χ2n) is 1.98. The number of tetrazole rings is 1. The first kappa shape index (κ1) is 9.43. The van der Waals surface area contributed by atoms with Crippen molar-refractivity contribution < 1.29 is 10.2 Å². The highest BCUT2D eigenvalue weighted by molar-refractivity contribution is 7.99. The fraction of sp³-hybridized carbons (Fsp3) is 0.800. The second kappa shape index (κ2) is 5.07. The summed E-state index contributed by atoms with van der Waals surface area (Å²) in [6.45, 7) is 0.495. The number of aromatic nitrogens is 4. The lowest BCUT2D eigenvalue weighted by atomic mass is 10.7. The molecule has 0 amide bonds. The van der Waals surface area contributed by atoms with Crippen molar-refractivity contribution in [3.8, 4) is 0 Å². The lowest BCUT2D eigenvalue weighted by molar-refractivity contribution is 0.262. The molecule has 0 radical (unpaired) electrons. The Morgan fingerprint density at radius 2 is 2.17 bits per heavy atom. The molecule has 12 heavy (non-hydrogen) atoms. The molecule has 2 N–H and O–H groups in total. The van der Waals surface area contributed by atoms with Crippen molar-refractivity contribution >= 4 is 11.8 Å². The van der Waals surface area contributed by atoms with E-state index in [1.165, 1.54) is 16.4 Å². The van der Waals surface area contributed by atoms with Crippen LogP contribution in [0.2, 0.25) is 0 Å². The van der Waals surface area contributed by atoms with Gasteiger partial charge in [0.05, 0.1) is 19.8 Å². The highest BCUT2D eigenvalue weighted by atomic mass is 32.2. The van der Waals surface area contributed by atoms with Gasteiger partial charge in [-0.25, -0.2) is 4.68 Å². The van der Waals surface area contributed by atoms with E-state index in [0.717, 1.165) is 0 Å². The molecule has 0 fully saturated rings. The summed E-state index contributed by atoms with van der Waals surface area (Å²) >= 11 is 1.36. The standard InChI is InChI=1S/C5H10N4O2S/c10-2-1-9-5(6-7-8-9)12-4-3-11/h10-11H,1-4H2. The van der Waals surface area contributed by atoms with E-state index < -0.39 is 0 Å². The van der Waals surface area contributed by atoms with Gasteiger partial charge in [0.1, 0.15) is 0 Å². The summed E-state index contributed by atoms with van der Waals surface area (Å²) in [5.41, 5.74) is 0. The van der Waals surface area contributed by atoms with E-state index in [1.807, 2.05) is 0 Å². The van der Waals surface area contributed by atoms with Gasteiger partial charge >= 0.3 is 0 Å². The van der Waals surface area contributed by atoms with Crippen molar-refractivity contribution in [3.05, 3.63) is 0 Å². The zero-order chi connectivity index (χ0) is 8.81. The monoisotopic (exact) mass is 190 g/mol. The van der Waals surface area contributed by atoms with Crippen LogP contribution in [0.25, 0.3) is 0 Å². The molecule has 6 nitrogen and oxygen atoms in total. The zero-order valence-corrected chi connectivity index (χ0v) is 7.24. The molecule has 1 rings (SSSR count). The number of rotatable bonds is 5. The SMILES string of the molecule is OCCSc1nnnn1CCO. The van der Waals surface area contributed by atoms with Gasteiger partial charge in [0, 0.05) is 5.75 Å². The predicted octanol–water partition coefficient (Wildman–Crippen LogP) is -1.25. The highest BCUT2D eigenvalue weighted by Gasteiger charge is 2.04. The van der Waals surface area contributed by atoms with Gasteiger partial charge in [-0.05, 0) is 10.4 Å². The molecular weight excluding hydrogens is 180 g/mol. The highest BCUT2D eigenvalue weighted by Crippen LogP contribution is 2.11. The van der Waals surface area contributed by atoms with Crippen molar-refractivity contribution in [2.75, 3.05) is 19.0 Å². The maximum atomic E-state index is 8.61. The number of hydrogen-bond donors (Lipinski definition) is 2. The molecular formula is C5H10N4O2S. The Labute approximate surface area is 73.6 Å². The van der Waals surface area contributed by atoms with E-state index >= 15 is 0 Å². The number of nitrogens with zero attached hydrogens (tertiary/aromatic N) is 4. The maximum absolute atomic E-state index is 8.61. The van der Waals surface area contributed by atoms with Crippen LogP contribution >= 0.6 is 11.8 Å².